The first-order chi connectivity index (χ1) is 7.34. The van der Waals surface area contributed by atoms with Crippen molar-refractivity contribution in [1.82, 2.24) is 10.2 Å². The summed E-state index contributed by atoms with van der Waals surface area (Å²) in [6.07, 6.45) is -1.62. The van der Waals surface area contributed by atoms with Crippen LogP contribution in [0.3, 0.4) is 0 Å². The van der Waals surface area contributed by atoms with Crippen LogP contribution in [0.2, 0.25) is 0 Å². The third-order valence-electron chi connectivity index (χ3n) is 1.72. The number of urea groups is 1. The molecule has 0 radical (unpaired) electrons. The number of primary amides is 1. The Balaban J connectivity index is 3.81. The smallest absolute Gasteiger partial charge is 0.332 e. The van der Waals surface area contributed by atoms with Crippen LogP contribution in [-0.4, -0.2) is 59.3 Å². The van der Waals surface area contributed by atoms with Crippen LogP contribution < -0.4 is 11.1 Å². The van der Waals surface area contributed by atoms with Gasteiger partial charge in [0.2, 0.25) is 5.91 Å². The summed E-state index contributed by atoms with van der Waals surface area (Å²) in [4.78, 5) is 32.9. The van der Waals surface area contributed by atoms with E-state index in [1.165, 1.54) is 7.05 Å². The Labute approximate surface area is 92.0 Å². The summed E-state index contributed by atoms with van der Waals surface area (Å²) in [6.45, 7) is -0.233. The van der Waals surface area contributed by atoms with Gasteiger partial charge in [-0.3, -0.25) is 4.79 Å². The van der Waals surface area contributed by atoms with E-state index < -0.39 is 24.0 Å². The van der Waals surface area contributed by atoms with E-state index in [2.05, 4.69) is 5.32 Å². The molecule has 0 aromatic rings. The lowest BCUT2D eigenvalue weighted by atomic mass is 10.2. The summed E-state index contributed by atoms with van der Waals surface area (Å²) < 4.78 is 0. The number of aliphatic hydroxyl groups excluding tert-OH is 1. The van der Waals surface area contributed by atoms with Crippen molar-refractivity contribution in [2.24, 2.45) is 5.73 Å². The molecular formula is C8H15N3O5. The standard InChI is InChI=1S/C8H15N3O5/c1-11(4-6(9)13)8(16)10-3-2-5(12)7(14)15/h5,12H,2-4H2,1H3,(H2,9,13)(H,10,16)(H,14,15)/t5-/m0/s1. The summed E-state index contributed by atoms with van der Waals surface area (Å²) in [7, 11) is 1.37. The maximum Gasteiger partial charge on any atom is 0.332 e. The molecule has 0 aromatic carbocycles. The lowest BCUT2D eigenvalue weighted by molar-refractivity contribution is -0.146. The maximum absolute atomic E-state index is 11.2. The molecule has 0 bridgehead atoms. The molecule has 3 amide bonds. The second kappa shape index (κ2) is 6.62. The average molecular weight is 233 g/mol. The molecular weight excluding hydrogens is 218 g/mol. The van der Waals surface area contributed by atoms with E-state index in [0.717, 1.165) is 4.90 Å². The molecule has 1 atom stereocenters. The van der Waals surface area contributed by atoms with Crippen molar-refractivity contribution in [3.63, 3.8) is 0 Å². The Morgan fingerprint density at radius 3 is 2.44 bits per heavy atom. The van der Waals surface area contributed by atoms with Gasteiger partial charge in [0.15, 0.2) is 6.10 Å². The predicted octanol–water partition coefficient (Wildman–Crippen LogP) is -2.05. The summed E-state index contributed by atoms with van der Waals surface area (Å²) in [5, 5.41) is 19.6. The van der Waals surface area contributed by atoms with E-state index in [1.54, 1.807) is 0 Å². The monoisotopic (exact) mass is 233 g/mol. The molecule has 5 N–H and O–H groups in total. The molecule has 0 saturated carbocycles. The molecule has 8 nitrogen and oxygen atoms in total. The number of nitrogens with zero attached hydrogens (tertiary/aromatic N) is 1. The van der Waals surface area contributed by atoms with E-state index in [-0.39, 0.29) is 19.5 Å². The van der Waals surface area contributed by atoms with E-state index in [1.807, 2.05) is 0 Å². The second-order valence-electron chi connectivity index (χ2n) is 3.20. The number of aliphatic carboxylic acids is 1. The van der Waals surface area contributed by atoms with Crippen LogP contribution in [0, 0.1) is 0 Å². The Morgan fingerprint density at radius 2 is 2.00 bits per heavy atom. The normalized spacial score (nSPS) is 11.6. The fourth-order valence-electron chi connectivity index (χ4n) is 0.880. The number of carbonyl (C=O) groups excluding carboxylic acids is 2. The van der Waals surface area contributed by atoms with Crippen LogP contribution in [0.25, 0.3) is 0 Å². The third-order valence-corrected chi connectivity index (χ3v) is 1.72. The average Bonchev–Trinajstić information content (AvgIpc) is 2.15. The van der Waals surface area contributed by atoms with E-state index in [4.69, 9.17) is 15.9 Å². The first-order valence-corrected chi connectivity index (χ1v) is 4.52. The molecule has 8 heteroatoms. The Bertz CT molecular complexity index is 281. The number of aliphatic hydroxyl groups is 1. The molecule has 0 aliphatic heterocycles. The molecule has 92 valence electrons. The second-order valence-corrected chi connectivity index (χ2v) is 3.20. The summed E-state index contributed by atoms with van der Waals surface area (Å²) in [6, 6.07) is -0.559. The number of nitrogens with two attached hydrogens (primary N) is 1. The topological polar surface area (TPSA) is 133 Å². The molecule has 0 rings (SSSR count). The van der Waals surface area contributed by atoms with Gasteiger partial charge in [-0.15, -0.1) is 0 Å². The molecule has 0 saturated heterocycles. The Kier molecular flexibility index (Phi) is 5.86. The van der Waals surface area contributed by atoms with Gasteiger partial charge in [0.05, 0.1) is 0 Å². The fraction of sp³-hybridized carbons (Fsp3) is 0.625. The number of carboxylic acid groups (broad SMARTS) is 1. The van der Waals surface area contributed by atoms with Gasteiger partial charge in [-0.25, -0.2) is 9.59 Å². The number of hydrogen-bond donors (Lipinski definition) is 4. The molecule has 0 aromatic heterocycles. The summed E-state index contributed by atoms with van der Waals surface area (Å²) in [5.74, 6) is -2.00. The fourth-order valence-corrected chi connectivity index (χ4v) is 0.880. The SMILES string of the molecule is CN(CC(N)=O)C(=O)NCC[C@H](O)C(=O)O. The summed E-state index contributed by atoms with van der Waals surface area (Å²) in [5.41, 5.74) is 4.87. The van der Waals surface area contributed by atoms with Crippen LogP contribution >= 0.6 is 0 Å². The molecule has 0 heterocycles. The number of amides is 3. The van der Waals surface area contributed by atoms with Gasteiger partial charge in [0, 0.05) is 20.0 Å². The highest BCUT2D eigenvalue weighted by molar-refractivity contribution is 5.82. The molecule has 0 aliphatic carbocycles. The minimum atomic E-state index is -1.51. The van der Waals surface area contributed by atoms with E-state index in [9.17, 15) is 14.4 Å². The first kappa shape index (κ1) is 14.2. The zero-order valence-corrected chi connectivity index (χ0v) is 8.84. The Hall–Kier alpha value is -1.83. The van der Waals surface area contributed by atoms with Crippen molar-refractivity contribution in [3.8, 4) is 0 Å². The lowest BCUT2D eigenvalue weighted by Gasteiger charge is -2.16. The molecule has 0 aliphatic rings. The van der Waals surface area contributed by atoms with Crippen LogP contribution in [0.5, 0.6) is 0 Å². The molecule has 0 spiro atoms. The van der Waals surface area contributed by atoms with Crippen molar-refractivity contribution in [1.29, 1.82) is 0 Å². The molecule has 16 heavy (non-hydrogen) atoms. The number of hydrogen-bond acceptors (Lipinski definition) is 4. The lowest BCUT2D eigenvalue weighted by Crippen LogP contribution is -2.42. The predicted molar refractivity (Wildman–Crippen MR) is 53.5 cm³/mol. The van der Waals surface area contributed by atoms with Gasteiger partial charge < -0.3 is 26.2 Å². The van der Waals surface area contributed by atoms with Crippen LogP contribution in [-0.2, 0) is 9.59 Å². The third kappa shape index (κ3) is 5.81. The largest absolute Gasteiger partial charge is 0.479 e. The maximum atomic E-state index is 11.2. The minimum Gasteiger partial charge on any atom is -0.479 e. The number of rotatable bonds is 6. The number of nitrogens with one attached hydrogen (secondary N) is 1. The quantitative estimate of drug-likeness (QED) is 0.419. The Morgan fingerprint density at radius 1 is 1.44 bits per heavy atom. The van der Waals surface area contributed by atoms with Crippen LogP contribution in [0.15, 0.2) is 0 Å². The number of carbonyl (C=O) groups is 3. The van der Waals surface area contributed by atoms with Crippen molar-refractivity contribution in [2.45, 2.75) is 12.5 Å². The van der Waals surface area contributed by atoms with Gasteiger partial charge in [0.1, 0.15) is 6.54 Å². The zero-order valence-electron chi connectivity index (χ0n) is 8.84. The van der Waals surface area contributed by atoms with Gasteiger partial charge in [0.25, 0.3) is 0 Å². The van der Waals surface area contributed by atoms with Gasteiger partial charge in [-0.2, -0.15) is 0 Å². The molecule has 0 unspecified atom stereocenters. The van der Waals surface area contributed by atoms with Crippen molar-refractivity contribution in [2.75, 3.05) is 20.1 Å². The minimum absolute atomic E-state index is 0.00456. The van der Waals surface area contributed by atoms with Gasteiger partial charge in [-0.05, 0) is 0 Å². The van der Waals surface area contributed by atoms with Crippen molar-refractivity contribution in [3.05, 3.63) is 0 Å². The highest BCUT2D eigenvalue weighted by Gasteiger charge is 2.14. The van der Waals surface area contributed by atoms with E-state index in [0.29, 0.717) is 0 Å². The summed E-state index contributed by atoms with van der Waals surface area (Å²) >= 11 is 0. The highest BCUT2D eigenvalue weighted by atomic mass is 16.4. The van der Waals surface area contributed by atoms with Crippen molar-refractivity contribution >= 4 is 17.9 Å². The van der Waals surface area contributed by atoms with E-state index >= 15 is 0 Å². The van der Waals surface area contributed by atoms with Gasteiger partial charge in [-0.1, -0.05) is 0 Å². The number of likely N-dealkylation sites (N-methyl/N-ethyl adjacent to an activating group) is 1. The zero-order chi connectivity index (χ0) is 12.7. The number of carboxylic acids is 1. The van der Waals surface area contributed by atoms with Crippen LogP contribution in [0.4, 0.5) is 4.79 Å². The molecule has 0 fully saturated rings. The van der Waals surface area contributed by atoms with Crippen LogP contribution in [0.1, 0.15) is 6.42 Å². The van der Waals surface area contributed by atoms with Gasteiger partial charge >= 0.3 is 12.0 Å². The highest BCUT2D eigenvalue weighted by Crippen LogP contribution is 1.90. The van der Waals surface area contributed by atoms with Crippen molar-refractivity contribution < 1.29 is 24.6 Å². The first-order valence-electron chi connectivity index (χ1n) is 4.52.